The van der Waals surface area contributed by atoms with Crippen molar-refractivity contribution in [2.24, 2.45) is 7.05 Å². The molecule has 1 rings (SSSR count). The summed E-state index contributed by atoms with van der Waals surface area (Å²) in [7, 11) is 1.75. The highest BCUT2D eigenvalue weighted by atomic mass is 16.2. The van der Waals surface area contributed by atoms with Crippen molar-refractivity contribution >= 4 is 5.91 Å². The van der Waals surface area contributed by atoms with E-state index in [0.717, 1.165) is 18.5 Å². The van der Waals surface area contributed by atoms with Crippen molar-refractivity contribution in [3.05, 3.63) is 17.5 Å². The second-order valence-electron chi connectivity index (χ2n) is 3.67. The number of nitrogens with one attached hydrogen (secondary N) is 1. The molecule has 0 saturated carbocycles. The average molecular weight is 220 g/mol. The van der Waals surface area contributed by atoms with E-state index in [1.807, 2.05) is 6.92 Å². The van der Waals surface area contributed by atoms with Crippen LogP contribution in [0.15, 0.2) is 6.07 Å². The van der Waals surface area contributed by atoms with E-state index in [0.29, 0.717) is 18.7 Å². The first-order valence-electron chi connectivity index (χ1n) is 5.31. The summed E-state index contributed by atoms with van der Waals surface area (Å²) in [5, 5.41) is 15.2. The predicted octanol–water partition coefficient (Wildman–Crippen LogP) is 1.15. The summed E-state index contributed by atoms with van der Waals surface area (Å²) in [5.74, 6) is -0.111. The molecule has 16 heavy (non-hydrogen) atoms. The zero-order chi connectivity index (χ0) is 12.0. The molecule has 1 aromatic heterocycles. The van der Waals surface area contributed by atoms with Gasteiger partial charge in [-0.05, 0) is 25.8 Å². The number of hydrogen-bond donors (Lipinski definition) is 1. The number of nitriles is 1. The molecule has 0 spiro atoms. The van der Waals surface area contributed by atoms with Crippen LogP contribution in [0.1, 0.15) is 35.4 Å². The minimum atomic E-state index is -0.111. The quantitative estimate of drug-likeness (QED) is 0.757. The van der Waals surface area contributed by atoms with Gasteiger partial charge in [-0.15, -0.1) is 0 Å². The second-order valence-corrected chi connectivity index (χ2v) is 3.67. The Morgan fingerprint density at radius 3 is 2.94 bits per heavy atom. The number of aryl methyl sites for hydroxylation is 2. The van der Waals surface area contributed by atoms with Crippen LogP contribution in [0.3, 0.4) is 0 Å². The van der Waals surface area contributed by atoms with Crippen LogP contribution in [-0.2, 0) is 7.05 Å². The maximum absolute atomic E-state index is 11.7. The fourth-order valence-electron chi connectivity index (χ4n) is 1.44. The lowest BCUT2D eigenvalue weighted by atomic mass is 10.2. The Labute approximate surface area is 95.1 Å². The normalized spacial score (nSPS) is 9.81. The first kappa shape index (κ1) is 12.2. The molecule has 0 aromatic carbocycles. The molecule has 1 aromatic rings. The van der Waals surface area contributed by atoms with Crippen molar-refractivity contribution in [1.82, 2.24) is 15.1 Å². The van der Waals surface area contributed by atoms with Gasteiger partial charge in [0.15, 0.2) is 0 Å². The van der Waals surface area contributed by atoms with E-state index in [4.69, 9.17) is 5.26 Å². The maximum Gasteiger partial charge on any atom is 0.269 e. The number of rotatable bonds is 5. The molecule has 0 aliphatic heterocycles. The van der Waals surface area contributed by atoms with Crippen molar-refractivity contribution in [3.8, 4) is 6.07 Å². The summed E-state index contributed by atoms with van der Waals surface area (Å²) in [5.41, 5.74) is 1.40. The molecule has 0 aliphatic carbocycles. The number of carbonyl (C=O) groups is 1. The van der Waals surface area contributed by atoms with Gasteiger partial charge in [0.25, 0.3) is 5.91 Å². The molecule has 0 unspecified atom stereocenters. The van der Waals surface area contributed by atoms with Gasteiger partial charge >= 0.3 is 0 Å². The molecular weight excluding hydrogens is 204 g/mol. The molecule has 1 heterocycles. The lowest BCUT2D eigenvalue weighted by molar-refractivity contribution is 0.0943. The summed E-state index contributed by atoms with van der Waals surface area (Å²) >= 11 is 0. The Morgan fingerprint density at radius 2 is 2.38 bits per heavy atom. The zero-order valence-electron chi connectivity index (χ0n) is 9.66. The first-order valence-corrected chi connectivity index (χ1v) is 5.31. The Kier molecular flexibility index (Phi) is 4.52. The maximum atomic E-state index is 11.7. The molecule has 0 saturated heterocycles. The number of aromatic nitrogens is 2. The van der Waals surface area contributed by atoms with Gasteiger partial charge in [-0.3, -0.25) is 9.48 Å². The van der Waals surface area contributed by atoms with Crippen LogP contribution >= 0.6 is 0 Å². The van der Waals surface area contributed by atoms with Gasteiger partial charge in [0.05, 0.1) is 11.8 Å². The van der Waals surface area contributed by atoms with Crippen LogP contribution in [0.25, 0.3) is 0 Å². The summed E-state index contributed by atoms with van der Waals surface area (Å²) in [6, 6.07) is 3.83. The van der Waals surface area contributed by atoms with E-state index in [1.165, 1.54) is 0 Å². The van der Waals surface area contributed by atoms with Gasteiger partial charge < -0.3 is 5.32 Å². The fourth-order valence-corrected chi connectivity index (χ4v) is 1.44. The van der Waals surface area contributed by atoms with Gasteiger partial charge in [0.1, 0.15) is 5.69 Å². The molecule has 1 N–H and O–H groups in total. The van der Waals surface area contributed by atoms with Gasteiger partial charge in [-0.1, -0.05) is 0 Å². The minimum Gasteiger partial charge on any atom is -0.351 e. The van der Waals surface area contributed by atoms with Crippen LogP contribution in [0.5, 0.6) is 0 Å². The zero-order valence-corrected chi connectivity index (χ0v) is 9.66. The number of unbranched alkanes of at least 4 members (excludes halogenated alkanes) is 2. The molecule has 5 nitrogen and oxygen atoms in total. The third-order valence-corrected chi connectivity index (χ3v) is 2.24. The summed E-state index contributed by atoms with van der Waals surface area (Å²) in [4.78, 5) is 11.7. The molecule has 0 fully saturated rings. The molecular formula is C11H16N4O. The average Bonchev–Trinajstić information content (AvgIpc) is 2.57. The smallest absolute Gasteiger partial charge is 0.269 e. The lowest BCUT2D eigenvalue weighted by Gasteiger charge is -2.03. The molecule has 0 bridgehead atoms. The Morgan fingerprint density at radius 1 is 1.62 bits per heavy atom. The Hall–Kier alpha value is -1.83. The summed E-state index contributed by atoms with van der Waals surface area (Å²) in [6.07, 6.45) is 2.19. The summed E-state index contributed by atoms with van der Waals surface area (Å²) < 4.78 is 1.57. The SMILES string of the molecule is Cc1cc(C(=O)NCCCCC#N)n(C)n1. The van der Waals surface area contributed by atoms with Crippen molar-refractivity contribution in [2.45, 2.75) is 26.2 Å². The number of hydrogen-bond acceptors (Lipinski definition) is 3. The van der Waals surface area contributed by atoms with Crippen LogP contribution < -0.4 is 5.32 Å². The molecule has 86 valence electrons. The second kappa shape index (κ2) is 5.91. The largest absolute Gasteiger partial charge is 0.351 e. The van der Waals surface area contributed by atoms with Crippen molar-refractivity contribution in [1.29, 1.82) is 5.26 Å². The van der Waals surface area contributed by atoms with Gasteiger partial charge in [-0.2, -0.15) is 10.4 Å². The summed E-state index contributed by atoms with van der Waals surface area (Å²) in [6.45, 7) is 2.45. The van der Waals surface area contributed by atoms with E-state index < -0.39 is 0 Å². The van der Waals surface area contributed by atoms with E-state index >= 15 is 0 Å². The topological polar surface area (TPSA) is 70.7 Å². The third-order valence-electron chi connectivity index (χ3n) is 2.24. The lowest BCUT2D eigenvalue weighted by Crippen LogP contribution is -2.26. The van der Waals surface area contributed by atoms with Crippen molar-refractivity contribution < 1.29 is 4.79 Å². The monoisotopic (exact) mass is 220 g/mol. The molecule has 5 heteroatoms. The number of amides is 1. The van der Waals surface area contributed by atoms with E-state index in [2.05, 4.69) is 16.5 Å². The van der Waals surface area contributed by atoms with Crippen LogP contribution in [0.4, 0.5) is 0 Å². The molecule has 0 aliphatic rings. The van der Waals surface area contributed by atoms with Crippen LogP contribution in [0, 0.1) is 18.3 Å². The molecule has 0 atom stereocenters. The van der Waals surface area contributed by atoms with Crippen molar-refractivity contribution in [3.63, 3.8) is 0 Å². The highest BCUT2D eigenvalue weighted by Gasteiger charge is 2.10. The molecule has 0 radical (unpaired) electrons. The fraction of sp³-hybridized carbons (Fsp3) is 0.545. The van der Waals surface area contributed by atoms with Gasteiger partial charge in [0.2, 0.25) is 0 Å². The van der Waals surface area contributed by atoms with Crippen molar-refractivity contribution in [2.75, 3.05) is 6.54 Å². The predicted molar refractivity (Wildman–Crippen MR) is 59.7 cm³/mol. The molecule has 1 amide bonds. The Balaban J connectivity index is 2.36. The number of nitrogens with zero attached hydrogens (tertiary/aromatic N) is 3. The Bertz CT molecular complexity index is 403. The van der Waals surface area contributed by atoms with Gasteiger partial charge in [-0.25, -0.2) is 0 Å². The highest BCUT2D eigenvalue weighted by molar-refractivity contribution is 5.92. The first-order chi connectivity index (χ1) is 7.65. The van der Waals surface area contributed by atoms with Gasteiger partial charge in [0, 0.05) is 20.0 Å². The third kappa shape index (κ3) is 3.39. The van der Waals surface area contributed by atoms with E-state index in [9.17, 15) is 4.79 Å². The number of carbonyl (C=O) groups excluding carboxylic acids is 1. The van der Waals surface area contributed by atoms with E-state index in [1.54, 1.807) is 17.8 Å². The minimum absolute atomic E-state index is 0.111. The van der Waals surface area contributed by atoms with E-state index in [-0.39, 0.29) is 5.91 Å². The van der Waals surface area contributed by atoms with Crippen LogP contribution in [0.2, 0.25) is 0 Å². The van der Waals surface area contributed by atoms with Crippen LogP contribution in [-0.4, -0.2) is 22.2 Å². The standard InChI is InChI=1S/C11H16N4O/c1-9-8-10(15(2)14-9)11(16)13-7-5-3-4-6-12/h8H,3-5,7H2,1-2H3,(H,13,16). The highest BCUT2D eigenvalue weighted by Crippen LogP contribution is 2.01.